The van der Waals surface area contributed by atoms with Gasteiger partial charge in [0.25, 0.3) is 5.91 Å². The Balaban J connectivity index is 1.48. The molecule has 1 amide bonds. The van der Waals surface area contributed by atoms with E-state index in [9.17, 15) is 9.59 Å². The highest BCUT2D eigenvalue weighted by Gasteiger charge is 2.06. The van der Waals surface area contributed by atoms with Crippen LogP contribution in [0.2, 0.25) is 0 Å². The number of esters is 1. The Morgan fingerprint density at radius 2 is 1.92 bits per heavy atom. The lowest BCUT2D eigenvalue weighted by molar-refractivity contribution is -0.142. The van der Waals surface area contributed by atoms with Crippen LogP contribution in [0.25, 0.3) is 16.3 Å². The van der Waals surface area contributed by atoms with Gasteiger partial charge in [-0.05, 0) is 42.5 Å². The summed E-state index contributed by atoms with van der Waals surface area (Å²) in [6.45, 7) is -0.366. The molecule has 0 saturated carbocycles. The van der Waals surface area contributed by atoms with Crippen LogP contribution in [0.1, 0.15) is 5.01 Å². The SMILES string of the molecule is COc1ccc(NC(=O)COC(=O)/C=C/c2nc3ccccc3s2)cc1. The largest absolute Gasteiger partial charge is 0.497 e. The maximum atomic E-state index is 11.8. The van der Waals surface area contributed by atoms with Crippen LogP contribution >= 0.6 is 11.3 Å². The predicted octanol–water partition coefficient (Wildman–Crippen LogP) is 3.50. The number of nitrogens with one attached hydrogen (secondary N) is 1. The molecule has 1 aromatic heterocycles. The van der Waals surface area contributed by atoms with Crippen molar-refractivity contribution in [3.05, 3.63) is 59.6 Å². The normalized spacial score (nSPS) is 10.8. The second-order valence-corrected chi connectivity index (χ2v) is 6.30. The summed E-state index contributed by atoms with van der Waals surface area (Å²) in [5, 5.41) is 3.33. The van der Waals surface area contributed by atoms with Crippen molar-refractivity contribution in [1.29, 1.82) is 0 Å². The molecule has 0 saturated heterocycles. The molecule has 0 spiro atoms. The Bertz CT molecular complexity index is 915. The van der Waals surface area contributed by atoms with Gasteiger partial charge in [0.2, 0.25) is 0 Å². The first kappa shape index (κ1) is 17.6. The van der Waals surface area contributed by atoms with Crippen molar-refractivity contribution in [2.45, 2.75) is 0 Å². The lowest BCUT2D eigenvalue weighted by Gasteiger charge is -2.06. The number of hydrogen-bond acceptors (Lipinski definition) is 6. The van der Waals surface area contributed by atoms with E-state index in [-0.39, 0.29) is 6.61 Å². The predicted molar refractivity (Wildman–Crippen MR) is 101 cm³/mol. The number of thiazole rings is 1. The number of carbonyl (C=O) groups is 2. The highest BCUT2D eigenvalue weighted by Crippen LogP contribution is 2.22. The summed E-state index contributed by atoms with van der Waals surface area (Å²) in [6.07, 6.45) is 2.84. The molecule has 0 fully saturated rings. The van der Waals surface area contributed by atoms with Crippen molar-refractivity contribution in [3.63, 3.8) is 0 Å². The molecule has 132 valence electrons. The fraction of sp³-hybridized carbons (Fsp3) is 0.105. The van der Waals surface area contributed by atoms with Crippen LogP contribution in [0.5, 0.6) is 5.75 Å². The summed E-state index contributed by atoms with van der Waals surface area (Å²) >= 11 is 1.47. The molecule has 7 heteroatoms. The molecule has 0 bridgehead atoms. The summed E-state index contributed by atoms with van der Waals surface area (Å²) < 4.78 is 11.0. The number of aromatic nitrogens is 1. The van der Waals surface area contributed by atoms with Crippen molar-refractivity contribution in [2.75, 3.05) is 19.0 Å². The van der Waals surface area contributed by atoms with E-state index in [1.165, 1.54) is 17.4 Å². The topological polar surface area (TPSA) is 77.5 Å². The fourth-order valence-corrected chi connectivity index (χ4v) is 3.03. The molecular formula is C19H16N2O4S. The Kier molecular flexibility index (Phi) is 5.60. The molecular weight excluding hydrogens is 352 g/mol. The number of para-hydroxylation sites is 1. The van der Waals surface area contributed by atoms with Gasteiger partial charge in [0, 0.05) is 11.8 Å². The fourth-order valence-electron chi connectivity index (χ4n) is 2.16. The summed E-state index contributed by atoms with van der Waals surface area (Å²) in [5.74, 6) is -0.333. The molecule has 2 aromatic carbocycles. The molecule has 0 aliphatic heterocycles. The van der Waals surface area contributed by atoms with Gasteiger partial charge in [0.05, 0.1) is 17.3 Å². The van der Waals surface area contributed by atoms with Crippen molar-refractivity contribution < 1.29 is 19.1 Å². The minimum atomic E-state index is -0.603. The van der Waals surface area contributed by atoms with Crippen LogP contribution in [-0.2, 0) is 14.3 Å². The van der Waals surface area contributed by atoms with E-state index in [0.717, 1.165) is 10.2 Å². The van der Waals surface area contributed by atoms with Crippen molar-refractivity contribution in [2.24, 2.45) is 0 Å². The highest BCUT2D eigenvalue weighted by atomic mass is 32.1. The number of ether oxygens (including phenoxy) is 2. The van der Waals surface area contributed by atoms with Gasteiger partial charge >= 0.3 is 5.97 Å². The van der Waals surface area contributed by atoms with E-state index in [0.29, 0.717) is 16.4 Å². The van der Waals surface area contributed by atoms with E-state index in [1.807, 2.05) is 24.3 Å². The molecule has 0 aliphatic rings. The number of carbonyl (C=O) groups excluding carboxylic acids is 2. The first-order valence-corrected chi connectivity index (χ1v) is 8.60. The average Bonchev–Trinajstić information content (AvgIpc) is 3.08. The molecule has 1 heterocycles. The van der Waals surface area contributed by atoms with E-state index >= 15 is 0 Å². The summed E-state index contributed by atoms with van der Waals surface area (Å²) in [6, 6.07) is 14.6. The number of methoxy groups -OCH3 is 1. The van der Waals surface area contributed by atoms with Gasteiger partial charge in [-0.2, -0.15) is 0 Å². The number of anilines is 1. The van der Waals surface area contributed by atoms with Gasteiger partial charge in [0.1, 0.15) is 10.8 Å². The van der Waals surface area contributed by atoms with Crippen LogP contribution in [-0.4, -0.2) is 30.6 Å². The Labute approximate surface area is 154 Å². The third kappa shape index (κ3) is 4.67. The van der Waals surface area contributed by atoms with Gasteiger partial charge in [-0.3, -0.25) is 4.79 Å². The molecule has 0 unspecified atom stereocenters. The second kappa shape index (κ2) is 8.26. The Morgan fingerprint density at radius 1 is 1.15 bits per heavy atom. The molecule has 3 aromatic rings. The minimum absolute atomic E-state index is 0.366. The standard InChI is InChI=1S/C19H16N2O4S/c1-24-14-8-6-13(7-9-14)20-17(22)12-25-19(23)11-10-18-21-15-4-2-3-5-16(15)26-18/h2-11H,12H2,1H3,(H,20,22)/b11-10+. The lowest BCUT2D eigenvalue weighted by Crippen LogP contribution is -2.20. The molecule has 6 nitrogen and oxygen atoms in total. The summed E-state index contributed by atoms with van der Waals surface area (Å²) in [7, 11) is 1.56. The van der Waals surface area contributed by atoms with Crippen LogP contribution in [0.4, 0.5) is 5.69 Å². The summed E-state index contributed by atoms with van der Waals surface area (Å²) in [4.78, 5) is 27.9. The van der Waals surface area contributed by atoms with Crippen LogP contribution in [0.15, 0.2) is 54.6 Å². The van der Waals surface area contributed by atoms with Crippen molar-refractivity contribution in [1.82, 2.24) is 4.98 Å². The zero-order chi connectivity index (χ0) is 18.4. The molecule has 0 atom stereocenters. The molecule has 1 N–H and O–H groups in total. The first-order chi connectivity index (χ1) is 12.6. The maximum absolute atomic E-state index is 11.8. The van der Waals surface area contributed by atoms with Crippen LogP contribution < -0.4 is 10.1 Å². The monoisotopic (exact) mass is 368 g/mol. The third-order valence-corrected chi connectivity index (χ3v) is 4.39. The summed E-state index contributed by atoms with van der Waals surface area (Å²) in [5.41, 5.74) is 1.47. The number of fused-ring (bicyclic) bond motifs is 1. The third-order valence-electron chi connectivity index (χ3n) is 3.39. The second-order valence-electron chi connectivity index (χ2n) is 5.24. The van der Waals surface area contributed by atoms with Crippen LogP contribution in [0, 0.1) is 0 Å². The van der Waals surface area contributed by atoms with Gasteiger partial charge in [-0.25, -0.2) is 9.78 Å². The van der Waals surface area contributed by atoms with E-state index in [2.05, 4.69) is 10.3 Å². The number of nitrogens with zero attached hydrogens (tertiary/aromatic N) is 1. The Hall–Kier alpha value is -3.19. The zero-order valence-electron chi connectivity index (χ0n) is 14.0. The number of rotatable bonds is 6. The van der Waals surface area contributed by atoms with E-state index in [4.69, 9.17) is 9.47 Å². The highest BCUT2D eigenvalue weighted by molar-refractivity contribution is 7.19. The van der Waals surface area contributed by atoms with Gasteiger partial charge in [0.15, 0.2) is 6.61 Å². The lowest BCUT2D eigenvalue weighted by atomic mass is 10.3. The van der Waals surface area contributed by atoms with Gasteiger partial charge < -0.3 is 14.8 Å². The van der Waals surface area contributed by atoms with Crippen molar-refractivity contribution >= 4 is 45.2 Å². The first-order valence-electron chi connectivity index (χ1n) is 7.78. The molecule has 0 aliphatic carbocycles. The molecule has 26 heavy (non-hydrogen) atoms. The maximum Gasteiger partial charge on any atom is 0.331 e. The smallest absolute Gasteiger partial charge is 0.331 e. The molecule has 3 rings (SSSR count). The van der Waals surface area contributed by atoms with Gasteiger partial charge in [-0.15, -0.1) is 11.3 Å². The number of amides is 1. The van der Waals surface area contributed by atoms with E-state index < -0.39 is 11.9 Å². The number of hydrogen-bond donors (Lipinski definition) is 1. The van der Waals surface area contributed by atoms with Crippen LogP contribution in [0.3, 0.4) is 0 Å². The zero-order valence-corrected chi connectivity index (χ0v) is 14.8. The van der Waals surface area contributed by atoms with E-state index in [1.54, 1.807) is 37.5 Å². The molecule has 0 radical (unpaired) electrons. The van der Waals surface area contributed by atoms with Crippen molar-refractivity contribution in [3.8, 4) is 5.75 Å². The minimum Gasteiger partial charge on any atom is -0.497 e. The quantitative estimate of drug-likeness (QED) is 0.532. The average molecular weight is 368 g/mol. The van der Waals surface area contributed by atoms with Gasteiger partial charge in [-0.1, -0.05) is 12.1 Å². The number of benzene rings is 2. The Morgan fingerprint density at radius 3 is 2.65 bits per heavy atom.